The van der Waals surface area contributed by atoms with E-state index in [2.05, 4.69) is 56.5 Å². The van der Waals surface area contributed by atoms with Gasteiger partial charge in [0, 0.05) is 69.7 Å². The molecule has 6 nitrogen and oxygen atoms in total. The fourth-order valence-corrected chi connectivity index (χ4v) is 5.91. The van der Waals surface area contributed by atoms with Crippen molar-refractivity contribution in [3.05, 3.63) is 107 Å². The van der Waals surface area contributed by atoms with E-state index in [1.54, 1.807) is 13.2 Å². The molecule has 3 aromatic carbocycles. The van der Waals surface area contributed by atoms with E-state index in [0.29, 0.717) is 17.9 Å². The van der Waals surface area contributed by atoms with Gasteiger partial charge < -0.3 is 15.0 Å². The van der Waals surface area contributed by atoms with Crippen molar-refractivity contribution in [2.24, 2.45) is 0 Å². The van der Waals surface area contributed by atoms with Crippen molar-refractivity contribution in [3.63, 3.8) is 0 Å². The summed E-state index contributed by atoms with van der Waals surface area (Å²) in [6, 6.07) is 23.8. The van der Waals surface area contributed by atoms with Gasteiger partial charge in [-0.25, -0.2) is 14.4 Å². The van der Waals surface area contributed by atoms with E-state index in [1.807, 2.05) is 30.5 Å². The van der Waals surface area contributed by atoms with Crippen LogP contribution in [0.15, 0.2) is 79.0 Å². The monoisotopic (exact) mass is 537 g/mol. The molecule has 1 N–H and O–H groups in total. The lowest BCUT2D eigenvalue weighted by atomic mass is 9.78. The summed E-state index contributed by atoms with van der Waals surface area (Å²) in [5.41, 5.74) is 7.09. The van der Waals surface area contributed by atoms with E-state index >= 15 is 0 Å². The number of piperazine rings is 1. The molecule has 40 heavy (non-hydrogen) atoms. The Balaban J connectivity index is 1.14. The lowest BCUT2D eigenvalue weighted by molar-refractivity contribution is 0.0976. The van der Waals surface area contributed by atoms with Gasteiger partial charge in [0.1, 0.15) is 5.82 Å². The van der Waals surface area contributed by atoms with Crippen molar-refractivity contribution in [3.8, 4) is 11.3 Å². The highest BCUT2D eigenvalue weighted by atomic mass is 19.1. The summed E-state index contributed by atoms with van der Waals surface area (Å²) in [7, 11) is 1.76. The van der Waals surface area contributed by atoms with Crippen LogP contribution in [0.1, 0.15) is 28.2 Å². The van der Waals surface area contributed by atoms with Crippen molar-refractivity contribution >= 4 is 11.6 Å². The van der Waals surface area contributed by atoms with E-state index in [4.69, 9.17) is 9.72 Å². The first-order chi connectivity index (χ1) is 19.7. The number of halogens is 1. The number of ether oxygens (including phenoxy) is 1. The maximum absolute atomic E-state index is 14.8. The summed E-state index contributed by atoms with van der Waals surface area (Å²) < 4.78 is 20.0. The molecule has 2 heterocycles. The first-order valence-electron chi connectivity index (χ1n) is 14.2. The minimum Gasteiger partial charge on any atom is -0.383 e. The second-order valence-corrected chi connectivity index (χ2v) is 10.7. The lowest BCUT2D eigenvalue weighted by Crippen LogP contribution is -2.47. The number of nitrogens with zero attached hydrogens (tertiary/aromatic N) is 4. The predicted octanol–water partition coefficient (Wildman–Crippen LogP) is 5.52. The van der Waals surface area contributed by atoms with Gasteiger partial charge in [-0.2, -0.15) is 0 Å². The summed E-state index contributed by atoms with van der Waals surface area (Å²) in [5, 5.41) is 3.43. The van der Waals surface area contributed by atoms with Crippen molar-refractivity contribution in [2.75, 3.05) is 58.3 Å². The number of benzene rings is 3. The molecule has 0 radical (unpaired) electrons. The van der Waals surface area contributed by atoms with Crippen LogP contribution >= 0.6 is 0 Å². The largest absolute Gasteiger partial charge is 0.383 e. The second kappa shape index (κ2) is 12.3. The predicted molar refractivity (Wildman–Crippen MR) is 158 cm³/mol. The molecule has 0 spiro atoms. The third-order valence-electron chi connectivity index (χ3n) is 8.14. The summed E-state index contributed by atoms with van der Waals surface area (Å²) in [6.07, 6.45) is 3.57. The minimum absolute atomic E-state index is 0.0580. The molecule has 1 fully saturated rings. The number of fused-ring (bicyclic) bond motifs is 3. The molecular weight excluding hydrogens is 501 g/mol. The summed E-state index contributed by atoms with van der Waals surface area (Å²) in [6.45, 7) is 7.27. The zero-order chi connectivity index (χ0) is 27.3. The van der Waals surface area contributed by atoms with Crippen LogP contribution in [0.2, 0.25) is 0 Å². The molecule has 0 bridgehead atoms. The number of hydrogen-bond donors (Lipinski definition) is 1. The SMILES string of the molecule is COCCN1CCN(CCc2cccc(Nc3ncc4c(n3)-c3ccccc3[C@@H](c3ccccc3F)C4)c2)CC1. The third-order valence-corrected chi connectivity index (χ3v) is 8.14. The quantitative estimate of drug-likeness (QED) is 0.303. The van der Waals surface area contributed by atoms with Gasteiger partial charge in [-0.05, 0) is 53.3 Å². The zero-order valence-corrected chi connectivity index (χ0v) is 23.0. The average molecular weight is 538 g/mol. The van der Waals surface area contributed by atoms with Crippen LogP contribution in [0.3, 0.4) is 0 Å². The highest BCUT2D eigenvalue weighted by Crippen LogP contribution is 2.42. The van der Waals surface area contributed by atoms with Gasteiger partial charge >= 0.3 is 0 Å². The highest BCUT2D eigenvalue weighted by Gasteiger charge is 2.29. The maximum atomic E-state index is 14.8. The number of rotatable bonds is 9. The molecule has 206 valence electrons. The van der Waals surface area contributed by atoms with E-state index in [0.717, 1.165) is 80.4 Å². The Morgan fingerprint density at radius 1 is 0.900 bits per heavy atom. The normalized spacial score (nSPS) is 17.3. The van der Waals surface area contributed by atoms with Crippen LogP contribution in [0, 0.1) is 5.82 Å². The van der Waals surface area contributed by atoms with Crippen molar-refractivity contribution in [1.82, 2.24) is 19.8 Å². The molecule has 1 aliphatic carbocycles. The number of methoxy groups -OCH3 is 1. The van der Waals surface area contributed by atoms with Crippen LogP contribution in [0.5, 0.6) is 0 Å². The summed E-state index contributed by atoms with van der Waals surface area (Å²) >= 11 is 0. The van der Waals surface area contributed by atoms with E-state index in [1.165, 1.54) is 11.6 Å². The zero-order valence-electron chi connectivity index (χ0n) is 23.0. The molecule has 1 atom stereocenters. The number of aromatic nitrogens is 2. The standard InChI is InChI=1S/C33H36FN5O/c1-40-20-19-39-17-15-38(16-18-39)14-13-24-7-6-8-26(21-24)36-33-35-23-25-22-30(28-10-4-5-12-31(28)34)27-9-2-3-11-29(27)32(25)37-33/h2-12,21,23,30H,13-20,22H2,1H3,(H,35,36,37)/t30-/m0/s1. The fraction of sp³-hybridized carbons (Fsp3) is 0.333. The first kappa shape index (κ1) is 26.6. The fourth-order valence-electron chi connectivity index (χ4n) is 5.91. The van der Waals surface area contributed by atoms with Gasteiger partial charge in [0.05, 0.1) is 12.3 Å². The maximum Gasteiger partial charge on any atom is 0.227 e. The second-order valence-electron chi connectivity index (χ2n) is 10.7. The molecule has 2 aliphatic rings. The van der Waals surface area contributed by atoms with E-state index in [9.17, 15) is 4.39 Å². The Morgan fingerprint density at radius 3 is 2.45 bits per heavy atom. The average Bonchev–Trinajstić information content (AvgIpc) is 3.00. The van der Waals surface area contributed by atoms with Crippen LogP contribution in [-0.4, -0.2) is 72.8 Å². The van der Waals surface area contributed by atoms with Gasteiger partial charge in [0.2, 0.25) is 5.95 Å². The van der Waals surface area contributed by atoms with Crippen LogP contribution in [-0.2, 0) is 17.6 Å². The number of hydrogen-bond acceptors (Lipinski definition) is 6. The molecular formula is C33H36FN5O. The lowest BCUT2D eigenvalue weighted by Gasteiger charge is -2.34. The third kappa shape index (κ3) is 5.92. The molecule has 0 amide bonds. The first-order valence-corrected chi connectivity index (χ1v) is 14.2. The van der Waals surface area contributed by atoms with Gasteiger partial charge in [0.15, 0.2) is 0 Å². The van der Waals surface area contributed by atoms with Crippen LogP contribution < -0.4 is 5.32 Å². The van der Waals surface area contributed by atoms with E-state index < -0.39 is 0 Å². The molecule has 0 unspecified atom stereocenters. The molecule has 0 saturated carbocycles. The Labute approximate surface area is 235 Å². The Morgan fingerprint density at radius 2 is 1.65 bits per heavy atom. The molecule has 1 aliphatic heterocycles. The summed E-state index contributed by atoms with van der Waals surface area (Å²) in [5.74, 6) is 0.341. The smallest absolute Gasteiger partial charge is 0.227 e. The van der Waals surface area contributed by atoms with Gasteiger partial charge in [0.25, 0.3) is 0 Å². The number of anilines is 2. The highest BCUT2D eigenvalue weighted by molar-refractivity contribution is 5.73. The Kier molecular flexibility index (Phi) is 8.14. The molecule has 4 aromatic rings. The van der Waals surface area contributed by atoms with Gasteiger partial charge in [-0.1, -0.05) is 54.6 Å². The number of nitrogens with one attached hydrogen (secondary N) is 1. The van der Waals surface area contributed by atoms with Gasteiger partial charge in [-0.15, -0.1) is 0 Å². The van der Waals surface area contributed by atoms with Crippen molar-refractivity contribution < 1.29 is 9.13 Å². The topological polar surface area (TPSA) is 53.5 Å². The van der Waals surface area contributed by atoms with Crippen molar-refractivity contribution in [1.29, 1.82) is 0 Å². The van der Waals surface area contributed by atoms with Crippen LogP contribution in [0.4, 0.5) is 16.0 Å². The van der Waals surface area contributed by atoms with Crippen LogP contribution in [0.25, 0.3) is 11.3 Å². The van der Waals surface area contributed by atoms with Crippen molar-refractivity contribution in [2.45, 2.75) is 18.8 Å². The molecule has 7 heteroatoms. The van der Waals surface area contributed by atoms with Gasteiger partial charge in [-0.3, -0.25) is 4.90 Å². The van der Waals surface area contributed by atoms with E-state index in [-0.39, 0.29) is 11.7 Å². The minimum atomic E-state index is -0.172. The molecule has 6 rings (SSSR count). The Bertz CT molecular complexity index is 1450. The summed E-state index contributed by atoms with van der Waals surface area (Å²) in [4.78, 5) is 14.6. The molecule has 1 saturated heterocycles. The molecule has 1 aromatic heterocycles. The Hall–Kier alpha value is -3.65.